The maximum atomic E-state index is 12.2. The Morgan fingerprint density at radius 3 is 2.67 bits per heavy atom. The molecule has 24 heavy (non-hydrogen) atoms. The molecule has 0 bridgehead atoms. The number of nitrogens with two attached hydrogens (primary N) is 1. The number of amides is 2. The first-order valence-electron chi connectivity index (χ1n) is 8.57. The fraction of sp³-hybridized carbons (Fsp3) is 0.556. The summed E-state index contributed by atoms with van der Waals surface area (Å²) in [6.45, 7) is 0.944. The quantitative estimate of drug-likeness (QED) is 0.676. The Balaban J connectivity index is 1.71. The standard InChI is InChI=1S/C18H26N2O4/c19-17(21)13-24-16-10-5-4-9-15(16)18(22)20-11-6-12-23-14-7-2-1-3-8-14/h4-5,9-10,14H,1-3,6-8,11-13H2,(H2,19,21)(H,20,22). The molecule has 6 nitrogen and oxygen atoms in total. The summed E-state index contributed by atoms with van der Waals surface area (Å²) in [6.07, 6.45) is 7.28. The zero-order valence-electron chi connectivity index (χ0n) is 14.0. The Morgan fingerprint density at radius 1 is 1.17 bits per heavy atom. The van der Waals surface area contributed by atoms with Gasteiger partial charge >= 0.3 is 0 Å². The summed E-state index contributed by atoms with van der Waals surface area (Å²) in [5, 5.41) is 2.85. The molecule has 0 aliphatic heterocycles. The summed E-state index contributed by atoms with van der Waals surface area (Å²) < 4.78 is 11.1. The fourth-order valence-electron chi connectivity index (χ4n) is 2.78. The first-order chi connectivity index (χ1) is 11.7. The highest BCUT2D eigenvalue weighted by atomic mass is 16.5. The number of hydrogen-bond acceptors (Lipinski definition) is 4. The third-order valence-electron chi connectivity index (χ3n) is 4.01. The highest BCUT2D eigenvalue weighted by molar-refractivity contribution is 5.97. The van der Waals surface area contributed by atoms with E-state index < -0.39 is 5.91 Å². The van der Waals surface area contributed by atoms with Crippen LogP contribution in [0, 0.1) is 0 Å². The third kappa shape index (κ3) is 6.20. The van der Waals surface area contributed by atoms with Crippen molar-refractivity contribution in [1.29, 1.82) is 0 Å². The van der Waals surface area contributed by atoms with Gasteiger partial charge in [0.25, 0.3) is 11.8 Å². The van der Waals surface area contributed by atoms with Crippen molar-refractivity contribution < 1.29 is 19.1 Å². The molecule has 0 spiro atoms. The molecule has 1 aromatic carbocycles. The Morgan fingerprint density at radius 2 is 1.92 bits per heavy atom. The van der Waals surface area contributed by atoms with E-state index >= 15 is 0 Å². The van der Waals surface area contributed by atoms with Crippen LogP contribution < -0.4 is 15.8 Å². The molecule has 1 aliphatic carbocycles. The predicted molar refractivity (Wildman–Crippen MR) is 90.9 cm³/mol. The van der Waals surface area contributed by atoms with E-state index in [0.29, 0.717) is 30.6 Å². The zero-order valence-corrected chi connectivity index (χ0v) is 14.0. The molecule has 1 aliphatic rings. The lowest BCUT2D eigenvalue weighted by molar-refractivity contribution is -0.119. The number of carbonyl (C=O) groups is 2. The third-order valence-corrected chi connectivity index (χ3v) is 4.01. The number of carbonyl (C=O) groups excluding carboxylic acids is 2. The summed E-state index contributed by atoms with van der Waals surface area (Å²) in [7, 11) is 0. The van der Waals surface area contributed by atoms with Gasteiger partial charge in [-0.15, -0.1) is 0 Å². The molecule has 0 saturated heterocycles. The van der Waals surface area contributed by atoms with Gasteiger partial charge in [-0.05, 0) is 31.4 Å². The highest BCUT2D eigenvalue weighted by Gasteiger charge is 2.14. The molecule has 0 aromatic heterocycles. The lowest BCUT2D eigenvalue weighted by atomic mass is 9.98. The Bertz CT molecular complexity index is 542. The molecule has 1 fully saturated rings. The van der Waals surface area contributed by atoms with Gasteiger partial charge in [0.1, 0.15) is 5.75 Å². The summed E-state index contributed by atoms with van der Waals surface area (Å²) >= 11 is 0. The van der Waals surface area contributed by atoms with Gasteiger partial charge in [-0.2, -0.15) is 0 Å². The Hall–Kier alpha value is -2.08. The van der Waals surface area contributed by atoms with Crippen LogP contribution in [-0.2, 0) is 9.53 Å². The molecule has 6 heteroatoms. The van der Waals surface area contributed by atoms with Gasteiger partial charge in [0.15, 0.2) is 6.61 Å². The maximum absolute atomic E-state index is 12.2. The molecule has 0 unspecified atom stereocenters. The highest BCUT2D eigenvalue weighted by Crippen LogP contribution is 2.20. The van der Waals surface area contributed by atoms with Crippen molar-refractivity contribution in [2.24, 2.45) is 5.73 Å². The molecule has 0 heterocycles. The van der Waals surface area contributed by atoms with Crippen LogP contribution in [0.4, 0.5) is 0 Å². The molecular weight excluding hydrogens is 308 g/mol. The van der Waals surface area contributed by atoms with Crippen molar-refractivity contribution >= 4 is 11.8 Å². The monoisotopic (exact) mass is 334 g/mol. The number of primary amides is 1. The first kappa shape index (κ1) is 18.3. The van der Waals surface area contributed by atoms with Crippen LogP contribution in [0.15, 0.2) is 24.3 Å². The van der Waals surface area contributed by atoms with Crippen molar-refractivity contribution in [3.63, 3.8) is 0 Å². The van der Waals surface area contributed by atoms with Crippen LogP contribution in [0.1, 0.15) is 48.9 Å². The van der Waals surface area contributed by atoms with Crippen LogP contribution >= 0.6 is 0 Å². The van der Waals surface area contributed by atoms with Crippen LogP contribution in [-0.4, -0.2) is 37.7 Å². The van der Waals surface area contributed by atoms with E-state index in [2.05, 4.69) is 5.32 Å². The second kappa shape index (κ2) is 9.93. The average Bonchev–Trinajstić information content (AvgIpc) is 2.60. The molecule has 0 radical (unpaired) electrons. The zero-order chi connectivity index (χ0) is 17.2. The summed E-state index contributed by atoms with van der Waals surface area (Å²) in [5.41, 5.74) is 5.46. The molecule has 1 saturated carbocycles. The number of para-hydroxylation sites is 1. The van der Waals surface area contributed by atoms with Crippen molar-refractivity contribution in [1.82, 2.24) is 5.32 Å². The van der Waals surface area contributed by atoms with Gasteiger partial charge in [0, 0.05) is 13.2 Å². The molecule has 132 valence electrons. The van der Waals surface area contributed by atoms with E-state index in [4.69, 9.17) is 15.2 Å². The van der Waals surface area contributed by atoms with E-state index in [9.17, 15) is 9.59 Å². The Kier molecular flexibility index (Phi) is 7.55. The van der Waals surface area contributed by atoms with E-state index in [1.54, 1.807) is 24.3 Å². The number of rotatable bonds is 9. The SMILES string of the molecule is NC(=O)COc1ccccc1C(=O)NCCCOC1CCCCC1. The molecular formula is C18H26N2O4. The maximum Gasteiger partial charge on any atom is 0.255 e. The lowest BCUT2D eigenvalue weighted by Crippen LogP contribution is -2.27. The Labute approximate surface area is 142 Å². The van der Waals surface area contributed by atoms with Crippen molar-refractivity contribution in [3.05, 3.63) is 29.8 Å². The van der Waals surface area contributed by atoms with Crippen molar-refractivity contribution in [2.75, 3.05) is 19.8 Å². The molecule has 2 rings (SSSR count). The van der Waals surface area contributed by atoms with Crippen molar-refractivity contribution in [3.8, 4) is 5.75 Å². The molecule has 1 aromatic rings. The van der Waals surface area contributed by atoms with Crippen LogP contribution in [0.5, 0.6) is 5.75 Å². The summed E-state index contributed by atoms with van der Waals surface area (Å²) in [4.78, 5) is 23.0. The van der Waals surface area contributed by atoms with E-state index in [-0.39, 0.29) is 12.5 Å². The molecule has 2 amide bonds. The minimum absolute atomic E-state index is 0.229. The van der Waals surface area contributed by atoms with Gasteiger partial charge in [-0.25, -0.2) is 0 Å². The van der Waals surface area contributed by atoms with Crippen LogP contribution in [0.3, 0.4) is 0 Å². The second-order valence-corrected chi connectivity index (χ2v) is 5.99. The van der Waals surface area contributed by atoms with Gasteiger partial charge < -0.3 is 20.5 Å². The molecule has 0 atom stereocenters. The second-order valence-electron chi connectivity index (χ2n) is 5.99. The number of hydrogen-bond donors (Lipinski definition) is 2. The van der Waals surface area contributed by atoms with Gasteiger partial charge in [-0.1, -0.05) is 31.4 Å². The van der Waals surface area contributed by atoms with E-state index in [1.807, 2.05) is 0 Å². The van der Waals surface area contributed by atoms with Crippen LogP contribution in [0.25, 0.3) is 0 Å². The van der Waals surface area contributed by atoms with Crippen molar-refractivity contribution in [2.45, 2.75) is 44.6 Å². The average molecular weight is 334 g/mol. The van der Waals surface area contributed by atoms with Gasteiger partial charge in [0.2, 0.25) is 0 Å². The summed E-state index contributed by atoms with van der Waals surface area (Å²) in [5.74, 6) is -0.454. The predicted octanol–water partition coefficient (Wildman–Crippen LogP) is 2.02. The van der Waals surface area contributed by atoms with Crippen LogP contribution in [0.2, 0.25) is 0 Å². The molecule has 3 N–H and O–H groups in total. The minimum Gasteiger partial charge on any atom is -0.483 e. The minimum atomic E-state index is -0.579. The normalized spacial score (nSPS) is 15.0. The van der Waals surface area contributed by atoms with E-state index in [0.717, 1.165) is 19.3 Å². The number of benzene rings is 1. The fourth-order valence-corrected chi connectivity index (χ4v) is 2.78. The topological polar surface area (TPSA) is 90.7 Å². The first-order valence-corrected chi connectivity index (χ1v) is 8.57. The smallest absolute Gasteiger partial charge is 0.255 e. The van der Waals surface area contributed by atoms with E-state index in [1.165, 1.54) is 19.3 Å². The largest absolute Gasteiger partial charge is 0.483 e. The van der Waals surface area contributed by atoms with Gasteiger partial charge in [0.05, 0.1) is 11.7 Å². The lowest BCUT2D eigenvalue weighted by Gasteiger charge is -2.21. The summed E-state index contributed by atoms with van der Waals surface area (Å²) in [6, 6.07) is 6.79. The number of ether oxygens (including phenoxy) is 2. The van der Waals surface area contributed by atoms with Gasteiger partial charge in [-0.3, -0.25) is 9.59 Å². The number of nitrogens with one attached hydrogen (secondary N) is 1.